The number of halogens is 1. The molecule has 4 rings (SSSR count). The minimum atomic E-state index is 0.345. The first-order chi connectivity index (χ1) is 8.81. The van der Waals surface area contributed by atoms with E-state index in [-0.39, 0.29) is 0 Å². The summed E-state index contributed by atoms with van der Waals surface area (Å²) in [5.41, 5.74) is 3.91. The lowest BCUT2D eigenvalue weighted by Gasteiger charge is -2.29. The summed E-state index contributed by atoms with van der Waals surface area (Å²) in [5, 5.41) is 0.589. The second-order valence-corrected chi connectivity index (χ2v) is 5.59. The van der Waals surface area contributed by atoms with Crippen molar-refractivity contribution in [2.24, 2.45) is 0 Å². The molecule has 0 bridgehead atoms. The van der Waals surface area contributed by atoms with Gasteiger partial charge in [-0.3, -0.25) is 0 Å². The summed E-state index contributed by atoms with van der Waals surface area (Å²) in [6, 6.07) is 10.4. The zero-order chi connectivity index (χ0) is 12.1. The van der Waals surface area contributed by atoms with Gasteiger partial charge in [-0.15, -0.1) is 0 Å². The lowest BCUT2D eigenvalue weighted by Crippen LogP contribution is -2.20. The largest absolute Gasteiger partial charge is 0.237 e. The Morgan fingerprint density at radius 1 is 1.11 bits per heavy atom. The normalized spacial score (nSPS) is 21.3. The fourth-order valence-corrected chi connectivity index (χ4v) is 2.88. The number of rotatable bonds is 2. The van der Waals surface area contributed by atoms with Crippen molar-refractivity contribution in [3.05, 3.63) is 58.1 Å². The number of hydrogen-bond acceptors (Lipinski definition) is 2. The van der Waals surface area contributed by atoms with Crippen LogP contribution in [0.4, 0.5) is 0 Å². The molecule has 1 saturated carbocycles. The Morgan fingerprint density at radius 2 is 1.94 bits per heavy atom. The average molecular weight is 257 g/mol. The highest BCUT2D eigenvalue weighted by Gasteiger charge is 2.32. The van der Waals surface area contributed by atoms with Crippen LogP contribution in [0.25, 0.3) is 0 Å². The summed E-state index contributed by atoms with van der Waals surface area (Å²) in [6.07, 6.45) is 3.53. The molecule has 0 saturated heterocycles. The molecule has 0 N–H and O–H groups in total. The van der Waals surface area contributed by atoms with Crippen LogP contribution < -0.4 is 0 Å². The van der Waals surface area contributed by atoms with E-state index in [0.29, 0.717) is 17.0 Å². The van der Waals surface area contributed by atoms with Crippen LogP contribution in [-0.4, -0.2) is 9.97 Å². The molecular formula is C15H13ClN2. The first kappa shape index (κ1) is 10.5. The molecule has 0 spiro atoms. The van der Waals surface area contributed by atoms with E-state index >= 15 is 0 Å². The Hall–Kier alpha value is -1.41. The molecule has 2 aliphatic rings. The SMILES string of the molecule is Clc1cc(C2CC2)nc(C2Cc3ccccc32)n1. The minimum Gasteiger partial charge on any atom is -0.237 e. The van der Waals surface area contributed by atoms with Gasteiger partial charge in [0.2, 0.25) is 0 Å². The van der Waals surface area contributed by atoms with Gasteiger partial charge < -0.3 is 0 Å². The molecule has 90 valence electrons. The Balaban J connectivity index is 1.74. The van der Waals surface area contributed by atoms with Crippen molar-refractivity contribution < 1.29 is 0 Å². The quantitative estimate of drug-likeness (QED) is 0.766. The lowest BCUT2D eigenvalue weighted by molar-refractivity contribution is 0.653. The van der Waals surface area contributed by atoms with E-state index < -0.39 is 0 Å². The van der Waals surface area contributed by atoms with Gasteiger partial charge in [-0.25, -0.2) is 9.97 Å². The molecule has 0 radical (unpaired) electrons. The van der Waals surface area contributed by atoms with Gasteiger partial charge in [0, 0.05) is 17.5 Å². The summed E-state index contributed by atoms with van der Waals surface area (Å²) in [6.45, 7) is 0. The van der Waals surface area contributed by atoms with E-state index in [0.717, 1.165) is 17.9 Å². The summed E-state index contributed by atoms with van der Waals surface area (Å²) in [5.74, 6) is 1.88. The standard InChI is InChI=1S/C15H13ClN2/c16-14-8-13(9-5-6-9)17-15(18-14)12-7-10-3-1-2-4-11(10)12/h1-4,8-9,12H,5-7H2. The summed E-state index contributed by atoms with van der Waals surface area (Å²) in [7, 11) is 0. The molecule has 1 aromatic carbocycles. The number of hydrogen-bond donors (Lipinski definition) is 0. The Morgan fingerprint density at radius 3 is 2.72 bits per heavy atom. The molecular weight excluding hydrogens is 244 g/mol. The predicted molar refractivity (Wildman–Crippen MR) is 71.0 cm³/mol. The van der Waals surface area contributed by atoms with Gasteiger partial charge in [-0.2, -0.15) is 0 Å². The maximum Gasteiger partial charge on any atom is 0.138 e. The number of fused-ring (bicyclic) bond motifs is 1. The fraction of sp³-hybridized carbons (Fsp3) is 0.333. The average Bonchev–Trinajstić information content (AvgIpc) is 3.14. The van der Waals surface area contributed by atoms with Crippen molar-refractivity contribution in [2.45, 2.75) is 31.1 Å². The van der Waals surface area contributed by atoms with E-state index in [1.54, 1.807) is 0 Å². The maximum absolute atomic E-state index is 6.12. The van der Waals surface area contributed by atoms with Gasteiger partial charge in [0.1, 0.15) is 11.0 Å². The monoisotopic (exact) mass is 256 g/mol. The molecule has 2 aromatic rings. The zero-order valence-electron chi connectivity index (χ0n) is 9.94. The second-order valence-electron chi connectivity index (χ2n) is 5.20. The van der Waals surface area contributed by atoms with Crippen LogP contribution in [0.15, 0.2) is 30.3 Å². The Labute approximate surface area is 111 Å². The van der Waals surface area contributed by atoms with Gasteiger partial charge in [-0.05, 0) is 36.5 Å². The van der Waals surface area contributed by atoms with E-state index in [9.17, 15) is 0 Å². The molecule has 18 heavy (non-hydrogen) atoms. The number of nitrogens with zero attached hydrogens (tertiary/aromatic N) is 2. The minimum absolute atomic E-state index is 0.345. The summed E-state index contributed by atoms with van der Waals surface area (Å²) < 4.78 is 0. The van der Waals surface area contributed by atoms with Crippen molar-refractivity contribution in [1.29, 1.82) is 0 Å². The highest BCUT2D eigenvalue weighted by atomic mass is 35.5. The van der Waals surface area contributed by atoms with Gasteiger partial charge in [0.15, 0.2) is 0 Å². The third-order valence-corrected chi connectivity index (χ3v) is 4.09. The molecule has 1 fully saturated rings. The van der Waals surface area contributed by atoms with Crippen molar-refractivity contribution in [3.63, 3.8) is 0 Å². The van der Waals surface area contributed by atoms with Gasteiger partial charge in [-0.1, -0.05) is 35.9 Å². The summed E-state index contributed by atoms with van der Waals surface area (Å²) >= 11 is 6.12. The van der Waals surface area contributed by atoms with Crippen molar-refractivity contribution in [3.8, 4) is 0 Å². The molecule has 1 aromatic heterocycles. The predicted octanol–water partition coefficient (Wildman–Crippen LogP) is 3.70. The molecule has 1 heterocycles. The fourth-order valence-electron chi connectivity index (χ4n) is 2.69. The van der Waals surface area contributed by atoms with Gasteiger partial charge in [0.05, 0.1) is 0 Å². The van der Waals surface area contributed by atoms with Crippen LogP contribution in [0, 0.1) is 0 Å². The van der Waals surface area contributed by atoms with Crippen LogP contribution in [0.5, 0.6) is 0 Å². The topological polar surface area (TPSA) is 25.8 Å². The lowest BCUT2D eigenvalue weighted by atomic mass is 9.77. The van der Waals surface area contributed by atoms with Crippen molar-refractivity contribution in [2.75, 3.05) is 0 Å². The van der Waals surface area contributed by atoms with Gasteiger partial charge >= 0.3 is 0 Å². The van der Waals surface area contributed by atoms with Gasteiger partial charge in [0.25, 0.3) is 0 Å². The van der Waals surface area contributed by atoms with E-state index in [1.165, 1.54) is 24.0 Å². The van der Waals surface area contributed by atoms with Crippen LogP contribution in [0.2, 0.25) is 5.15 Å². The third-order valence-electron chi connectivity index (χ3n) is 3.89. The van der Waals surface area contributed by atoms with Crippen molar-refractivity contribution >= 4 is 11.6 Å². The Bertz CT molecular complexity index is 620. The van der Waals surface area contributed by atoms with Crippen LogP contribution >= 0.6 is 11.6 Å². The van der Waals surface area contributed by atoms with Crippen LogP contribution in [0.1, 0.15) is 47.3 Å². The zero-order valence-corrected chi connectivity index (χ0v) is 10.7. The van der Waals surface area contributed by atoms with Crippen molar-refractivity contribution in [1.82, 2.24) is 9.97 Å². The van der Waals surface area contributed by atoms with Crippen LogP contribution in [0.3, 0.4) is 0 Å². The molecule has 1 atom stereocenters. The molecule has 2 aliphatic carbocycles. The number of aromatic nitrogens is 2. The Kier molecular flexibility index (Phi) is 2.21. The second kappa shape index (κ2) is 3.79. The molecule has 0 amide bonds. The molecule has 2 nitrogen and oxygen atoms in total. The highest BCUT2D eigenvalue weighted by molar-refractivity contribution is 6.29. The van der Waals surface area contributed by atoms with Crippen LogP contribution in [-0.2, 0) is 6.42 Å². The first-order valence-electron chi connectivity index (χ1n) is 6.43. The number of benzene rings is 1. The van der Waals surface area contributed by atoms with E-state index in [1.807, 2.05) is 6.07 Å². The van der Waals surface area contributed by atoms with E-state index in [4.69, 9.17) is 16.6 Å². The molecule has 3 heteroatoms. The molecule has 1 unspecified atom stereocenters. The first-order valence-corrected chi connectivity index (χ1v) is 6.81. The summed E-state index contributed by atoms with van der Waals surface area (Å²) in [4.78, 5) is 9.14. The smallest absolute Gasteiger partial charge is 0.138 e. The highest BCUT2D eigenvalue weighted by Crippen LogP contribution is 2.42. The van der Waals surface area contributed by atoms with E-state index in [2.05, 4.69) is 29.2 Å². The third kappa shape index (κ3) is 1.64. The molecule has 0 aliphatic heterocycles. The maximum atomic E-state index is 6.12.